The van der Waals surface area contributed by atoms with Gasteiger partial charge in [-0.15, -0.1) is 0 Å². The van der Waals surface area contributed by atoms with Gasteiger partial charge in [0.25, 0.3) is 0 Å². The van der Waals surface area contributed by atoms with Gasteiger partial charge in [-0.1, -0.05) is 0 Å². The minimum atomic E-state index is 0.850. The molecule has 50 valence electrons. The van der Waals surface area contributed by atoms with Crippen LogP contribution in [0.15, 0.2) is 24.7 Å². The molecule has 0 aliphatic carbocycles. The second-order valence-corrected chi connectivity index (χ2v) is 2.67. The third kappa shape index (κ3) is 0.724. The van der Waals surface area contributed by atoms with Crippen LogP contribution in [-0.4, -0.2) is 13.6 Å². The molecule has 0 radical (unpaired) electrons. The molecule has 2 rings (SSSR count). The summed E-state index contributed by atoms with van der Waals surface area (Å²) in [7, 11) is 0. The molecule has 0 atom stereocenters. The fourth-order valence-corrected chi connectivity index (χ4v) is 1.19. The monoisotopic (exact) mass is 197 g/mol. The zero-order valence-electron chi connectivity index (χ0n) is 5.03. The molecule has 0 spiro atoms. The van der Waals surface area contributed by atoms with Crippen LogP contribution in [0.1, 0.15) is 0 Å². The third-order valence-electron chi connectivity index (χ3n) is 1.27. The van der Waals surface area contributed by atoms with Crippen LogP contribution in [0.3, 0.4) is 0 Å². The highest BCUT2D eigenvalue weighted by Crippen LogP contribution is 2.09. The van der Waals surface area contributed by atoms with Gasteiger partial charge in [0.2, 0.25) is 0 Å². The Morgan fingerprint density at radius 1 is 1.40 bits per heavy atom. The number of halogens is 1. The summed E-state index contributed by atoms with van der Waals surface area (Å²) >= 11 is 3.26. The van der Waals surface area contributed by atoms with E-state index in [0.29, 0.717) is 0 Å². The lowest BCUT2D eigenvalue weighted by Crippen LogP contribution is -1.78. The van der Waals surface area contributed by atoms with Gasteiger partial charge in [-0.25, -0.2) is 13.6 Å². The second kappa shape index (κ2) is 2.05. The smallest absolute Gasteiger partial charge is 0.170 e. The lowest BCUT2D eigenvalue weighted by molar-refractivity contribution is 1.25. The number of fused-ring (bicyclic) bond motifs is 1. The molecule has 3 nitrogen and oxygen atoms in total. The first-order chi connectivity index (χ1) is 4.88. The van der Waals surface area contributed by atoms with Crippen molar-refractivity contribution in [3.05, 3.63) is 24.7 Å². The van der Waals surface area contributed by atoms with Crippen LogP contribution in [0.4, 0.5) is 0 Å². The maximum Gasteiger partial charge on any atom is 0.170 e. The van der Waals surface area contributed by atoms with Crippen LogP contribution in [-0.2, 0) is 0 Å². The maximum atomic E-state index is 4.09. The van der Waals surface area contributed by atoms with E-state index in [1.54, 1.807) is 16.1 Å². The molecule has 0 unspecified atom stereocenters. The minimum absolute atomic E-state index is 0.850. The SMILES string of the molecule is Brn1cnc2cccnc21. The molecule has 2 heterocycles. The van der Waals surface area contributed by atoms with Crippen molar-refractivity contribution in [1.29, 1.82) is 0 Å². The first kappa shape index (κ1) is 5.85. The number of rotatable bonds is 0. The van der Waals surface area contributed by atoms with E-state index in [-0.39, 0.29) is 0 Å². The molecule has 2 aromatic heterocycles. The molecule has 0 aliphatic rings. The van der Waals surface area contributed by atoms with Gasteiger partial charge in [0.15, 0.2) is 5.65 Å². The molecule has 4 heteroatoms. The van der Waals surface area contributed by atoms with Gasteiger partial charge in [0.05, 0.1) is 16.1 Å². The van der Waals surface area contributed by atoms with E-state index in [9.17, 15) is 0 Å². The topological polar surface area (TPSA) is 30.7 Å². The standard InChI is InChI=1S/C6H4BrN3/c7-10-4-9-5-2-1-3-8-6(5)10/h1-4H. The second-order valence-electron chi connectivity index (χ2n) is 1.90. The Kier molecular flexibility index (Phi) is 1.20. The average molecular weight is 198 g/mol. The van der Waals surface area contributed by atoms with E-state index in [1.807, 2.05) is 12.1 Å². The fourth-order valence-electron chi connectivity index (χ4n) is 0.821. The molecule has 0 saturated carbocycles. The Morgan fingerprint density at radius 2 is 2.30 bits per heavy atom. The van der Waals surface area contributed by atoms with Crippen molar-refractivity contribution >= 4 is 27.3 Å². The molecule has 0 aliphatic heterocycles. The average Bonchev–Trinajstić information content (AvgIpc) is 2.34. The van der Waals surface area contributed by atoms with Crippen molar-refractivity contribution in [3.8, 4) is 0 Å². The summed E-state index contributed by atoms with van der Waals surface area (Å²) in [6.07, 6.45) is 3.42. The van der Waals surface area contributed by atoms with Crippen LogP contribution in [0.25, 0.3) is 11.2 Å². The number of aromatic nitrogens is 3. The number of imidazole rings is 1. The summed E-state index contributed by atoms with van der Waals surface area (Å²) < 4.78 is 1.71. The third-order valence-corrected chi connectivity index (χ3v) is 1.79. The van der Waals surface area contributed by atoms with Crippen molar-refractivity contribution < 1.29 is 0 Å². The molecule has 0 saturated heterocycles. The molecule has 0 fully saturated rings. The Balaban J connectivity index is 2.93. The van der Waals surface area contributed by atoms with Crippen molar-refractivity contribution in [1.82, 2.24) is 13.6 Å². The molecule has 0 aromatic carbocycles. The summed E-state index contributed by atoms with van der Waals surface area (Å²) in [5, 5.41) is 0. The van der Waals surface area contributed by atoms with Crippen LogP contribution in [0, 0.1) is 0 Å². The minimum Gasteiger partial charge on any atom is -0.248 e. The predicted octanol–water partition coefficient (Wildman–Crippen LogP) is 1.59. The van der Waals surface area contributed by atoms with E-state index in [1.165, 1.54) is 0 Å². The normalized spacial score (nSPS) is 10.5. The Hall–Kier alpha value is -0.900. The van der Waals surface area contributed by atoms with Gasteiger partial charge >= 0.3 is 0 Å². The zero-order chi connectivity index (χ0) is 6.97. The summed E-state index contributed by atoms with van der Waals surface area (Å²) in [5.41, 5.74) is 1.75. The number of nitrogens with zero attached hydrogens (tertiary/aromatic N) is 3. The van der Waals surface area contributed by atoms with E-state index in [2.05, 4.69) is 26.1 Å². The van der Waals surface area contributed by atoms with Gasteiger partial charge in [0.1, 0.15) is 11.8 Å². The molecule has 0 bridgehead atoms. The molecular weight excluding hydrogens is 194 g/mol. The van der Waals surface area contributed by atoms with Gasteiger partial charge in [-0.3, -0.25) is 0 Å². The lowest BCUT2D eigenvalue weighted by Gasteiger charge is -1.86. The Bertz CT molecular complexity index is 355. The van der Waals surface area contributed by atoms with Crippen molar-refractivity contribution in [2.75, 3.05) is 0 Å². The van der Waals surface area contributed by atoms with Crippen molar-refractivity contribution in [2.24, 2.45) is 0 Å². The number of hydrogen-bond acceptors (Lipinski definition) is 2. The first-order valence-electron chi connectivity index (χ1n) is 2.82. The summed E-state index contributed by atoms with van der Waals surface area (Å²) in [4.78, 5) is 8.17. The van der Waals surface area contributed by atoms with Crippen LogP contribution in [0.5, 0.6) is 0 Å². The first-order valence-corrected chi connectivity index (χ1v) is 3.53. The highest BCUT2D eigenvalue weighted by atomic mass is 79.9. The van der Waals surface area contributed by atoms with Crippen LogP contribution in [0.2, 0.25) is 0 Å². The largest absolute Gasteiger partial charge is 0.248 e. The fraction of sp³-hybridized carbons (Fsp3) is 0. The zero-order valence-corrected chi connectivity index (χ0v) is 6.62. The van der Waals surface area contributed by atoms with Crippen molar-refractivity contribution in [3.63, 3.8) is 0 Å². The van der Waals surface area contributed by atoms with Crippen LogP contribution < -0.4 is 0 Å². The Morgan fingerprint density at radius 3 is 3.10 bits per heavy atom. The summed E-state index contributed by atoms with van der Waals surface area (Å²) in [6, 6.07) is 3.78. The quantitative estimate of drug-likeness (QED) is 0.643. The van der Waals surface area contributed by atoms with E-state index in [4.69, 9.17) is 0 Å². The molecule has 10 heavy (non-hydrogen) atoms. The van der Waals surface area contributed by atoms with Crippen LogP contribution >= 0.6 is 16.1 Å². The van der Waals surface area contributed by atoms with Gasteiger partial charge in [-0.2, -0.15) is 0 Å². The number of pyridine rings is 1. The van der Waals surface area contributed by atoms with E-state index >= 15 is 0 Å². The van der Waals surface area contributed by atoms with Gasteiger partial charge in [0, 0.05) is 6.20 Å². The highest BCUT2D eigenvalue weighted by molar-refractivity contribution is 9.08. The molecule has 0 amide bonds. The van der Waals surface area contributed by atoms with E-state index in [0.717, 1.165) is 11.2 Å². The van der Waals surface area contributed by atoms with E-state index < -0.39 is 0 Å². The maximum absolute atomic E-state index is 4.09. The molecule has 0 N–H and O–H groups in total. The summed E-state index contributed by atoms with van der Waals surface area (Å²) in [5.74, 6) is 0. The summed E-state index contributed by atoms with van der Waals surface area (Å²) in [6.45, 7) is 0. The molecule has 2 aromatic rings. The Labute approximate surface area is 66.0 Å². The van der Waals surface area contributed by atoms with Crippen molar-refractivity contribution in [2.45, 2.75) is 0 Å². The predicted molar refractivity (Wildman–Crippen MR) is 41.9 cm³/mol. The van der Waals surface area contributed by atoms with Gasteiger partial charge in [-0.05, 0) is 12.1 Å². The number of hydrogen-bond donors (Lipinski definition) is 0. The highest BCUT2D eigenvalue weighted by Gasteiger charge is 1.97. The lowest BCUT2D eigenvalue weighted by atomic mass is 10.4. The van der Waals surface area contributed by atoms with Gasteiger partial charge < -0.3 is 0 Å². The molecular formula is C6H4BrN3.